The third-order valence-corrected chi connectivity index (χ3v) is 3.84. The molecule has 1 N–H and O–H groups in total. The Balaban J connectivity index is 2.32. The van der Waals surface area contributed by atoms with E-state index in [2.05, 4.69) is 11.1 Å². The number of likely N-dealkylation sites (tertiary alicyclic amines) is 1. The summed E-state index contributed by atoms with van der Waals surface area (Å²) < 4.78 is 0.777. The van der Waals surface area contributed by atoms with E-state index >= 15 is 0 Å². The lowest BCUT2D eigenvalue weighted by Crippen LogP contribution is -2.37. The van der Waals surface area contributed by atoms with Crippen molar-refractivity contribution in [2.75, 3.05) is 6.54 Å². The molecule has 0 spiro atoms. The van der Waals surface area contributed by atoms with Gasteiger partial charge in [-0.3, -0.25) is 4.79 Å². The van der Waals surface area contributed by atoms with Crippen molar-refractivity contribution >= 4 is 18.1 Å². The van der Waals surface area contributed by atoms with Gasteiger partial charge in [0.25, 0.3) is 0 Å². The van der Waals surface area contributed by atoms with Gasteiger partial charge >= 0.3 is 0 Å². The molecule has 1 aliphatic rings. The van der Waals surface area contributed by atoms with Crippen molar-refractivity contribution in [2.45, 2.75) is 39.2 Å². The average Bonchev–Trinajstić information content (AvgIpc) is 2.32. The van der Waals surface area contributed by atoms with Gasteiger partial charge in [0, 0.05) is 19.7 Å². The SMILES string of the molecule is CC(=O)N1CCCC[C@H]1c1c[nH]c(=S)c(C)c1. The number of aromatic nitrogens is 1. The highest BCUT2D eigenvalue weighted by molar-refractivity contribution is 7.71. The molecule has 2 heterocycles. The minimum absolute atomic E-state index is 0.162. The Morgan fingerprint density at radius 3 is 2.94 bits per heavy atom. The number of rotatable bonds is 1. The highest BCUT2D eigenvalue weighted by Crippen LogP contribution is 2.30. The number of H-pyrrole nitrogens is 1. The molecular weight excluding hydrogens is 232 g/mol. The van der Waals surface area contributed by atoms with Gasteiger partial charge in [0.1, 0.15) is 4.64 Å². The molecule has 1 aromatic heterocycles. The van der Waals surface area contributed by atoms with E-state index in [4.69, 9.17) is 12.2 Å². The number of nitrogens with one attached hydrogen (secondary N) is 1. The Bertz CT molecular complexity index is 481. The fraction of sp³-hybridized carbons (Fsp3) is 0.538. The zero-order valence-electron chi connectivity index (χ0n) is 10.3. The third kappa shape index (κ3) is 2.57. The summed E-state index contributed by atoms with van der Waals surface area (Å²) in [6, 6.07) is 2.32. The molecule has 3 nitrogen and oxygen atoms in total. The van der Waals surface area contributed by atoms with Crippen LogP contribution in [0.3, 0.4) is 0 Å². The number of carbonyl (C=O) groups is 1. The first-order chi connectivity index (χ1) is 8.09. The molecule has 0 aromatic carbocycles. The highest BCUT2D eigenvalue weighted by Gasteiger charge is 2.25. The van der Waals surface area contributed by atoms with Gasteiger partial charge in [-0.05, 0) is 43.4 Å². The summed E-state index contributed by atoms with van der Waals surface area (Å²) >= 11 is 5.16. The molecule has 1 saturated heterocycles. The fourth-order valence-electron chi connectivity index (χ4n) is 2.47. The van der Waals surface area contributed by atoms with Crippen LogP contribution in [0.25, 0.3) is 0 Å². The van der Waals surface area contributed by atoms with Gasteiger partial charge in [-0.15, -0.1) is 0 Å². The molecule has 2 rings (SSSR count). The molecular formula is C13H18N2OS. The van der Waals surface area contributed by atoms with Gasteiger partial charge in [0.05, 0.1) is 6.04 Å². The number of hydrogen-bond acceptors (Lipinski definition) is 2. The van der Waals surface area contributed by atoms with E-state index in [-0.39, 0.29) is 11.9 Å². The summed E-state index contributed by atoms with van der Waals surface area (Å²) in [6.07, 6.45) is 5.28. The molecule has 1 atom stereocenters. The summed E-state index contributed by atoms with van der Waals surface area (Å²) in [5.41, 5.74) is 2.25. The Morgan fingerprint density at radius 2 is 2.29 bits per heavy atom. The predicted molar refractivity (Wildman–Crippen MR) is 70.3 cm³/mol. The zero-order valence-corrected chi connectivity index (χ0v) is 11.1. The monoisotopic (exact) mass is 250 g/mol. The molecule has 1 fully saturated rings. The molecule has 92 valence electrons. The lowest BCUT2D eigenvalue weighted by Gasteiger charge is -2.35. The molecule has 1 aliphatic heterocycles. The largest absolute Gasteiger partial charge is 0.352 e. The number of amides is 1. The first-order valence-corrected chi connectivity index (χ1v) is 6.47. The van der Waals surface area contributed by atoms with Crippen molar-refractivity contribution in [1.82, 2.24) is 9.88 Å². The Labute approximate surface area is 107 Å². The fourth-order valence-corrected chi connectivity index (χ4v) is 2.59. The van der Waals surface area contributed by atoms with Crippen LogP contribution in [0.1, 0.15) is 43.4 Å². The maximum atomic E-state index is 11.6. The van der Waals surface area contributed by atoms with Gasteiger partial charge < -0.3 is 9.88 Å². The maximum absolute atomic E-state index is 11.6. The second-order valence-electron chi connectivity index (χ2n) is 4.67. The van der Waals surface area contributed by atoms with E-state index < -0.39 is 0 Å². The molecule has 1 amide bonds. The molecule has 0 unspecified atom stereocenters. The van der Waals surface area contributed by atoms with Crippen LogP contribution in [0.2, 0.25) is 0 Å². The van der Waals surface area contributed by atoms with Crippen LogP contribution in [0, 0.1) is 11.6 Å². The molecule has 17 heavy (non-hydrogen) atoms. The van der Waals surface area contributed by atoms with Crippen molar-refractivity contribution in [3.63, 3.8) is 0 Å². The van der Waals surface area contributed by atoms with Gasteiger partial charge in [-0.1, -0.05) is 12.2 Å². The van der Waals surface area contributed by atoms with E-state index in [1.165, 1.54) is 12.0 Å². The van der Waals surface area contributed by atoms with Crippen molar-refractivity contribution in [2.24, 2.45) is 0 Å². The number of aromatic amines is 1. The molecule has 0 radical (unpaired) electrons. The van der Waals surface area contributed by atoms with Crippen LogP contribution >= 0.6 is 12.2 Å². The van der Waals surface area contributed by atoms with E-state index in [9.17, 15) is 4.79 Å². The van der Waals surface area contributed by atoms with Gasteiger partial charge in [-0.2, -0.15) is 0 Å². The number of pyridine rings is 1. The topological polar surface area (TPSA) is 36.1 Å². The normalized spacial score (nSPS) is 20.4. The Kier molecular flexibility index (Phi) is 3.62. The highest BCUT2D eigenvalue weighted by atomic mass is 32.1. The number of nitrogens with zero attached hydrogens (tertiary/aromatic N) is 1. The van der Waals surface area contributed by atoms with Crippen LogP contribution in [-0.4, -0.2) is 22.3 Å². The molecule has 0 aliphatic carbocycles. The number of hydrogen-bond donors (Lipinski definition) is 1. The lowest BCUT2D eigenvalue weighted by molar-refractivity contribution is -0.132. The smallest absolute Gasteiger partial charge is 0.219 e. The minimum atomic E-state index is 0.162. The Hall–Kier alpha value is -1.16. The summed E-state index contributed by atoms with van der Waals surface area (Å²) in [5.74, 6) is 0.162. The molecule has 4 heteroatoms. The quantitative estimate of drug-likeness (QED) is 0.777. The summed E-state index contributed by atoms with van der Waals surface area (Å²) in [5, 5.41) is 0. The van der Waals surface area contributed by atoms with Crippen molar-refractivity contribution < 1.29 is 4.79 Å². The molecule has 0 bridgehead atoms. The van der Waals surface area contributed by atoms with Crippen molar-refractivity contribution in [3.05, 3.63) is 28.0 Å². The number of piperidine rings is 1. The average molecular weight is 250 g/mol. The Morgan fingerprint density at radius 1 is 1.53 bits per heavy atom. The summed E-state index contributed by atoms with van der Waals surface area (Å²) in [7, 11) is 0. The van der Waals surface area contributed by atoms with E-state index in [0.29, 0.717) is 0 Å². The predicted octanol–water partition coefficient (Wildman–Crippen LogP) is 3.13. The first-order valence-electron chi connectivity index (χ1n) is 6.06. The van der Waals surface area contributed by atoms with Crippen molar-refractivity contribution in [1.29, 1.82) is 0 Å². The van der Waals surface area contributed by atoms with E-state index in [0.717, 1.165) is 29.6 Å². The summed E-state index contributed by atoms with van der Waals surface area (Å²) in [4.78, 5) is 16.7. The number of carbonyl (C=O) groups excluding carboxylic acids is 1. The van der Waals surface area contributed by atoms with E-state index in [1.807, 2.05) is 18.0 Å². The van der Waals surface area contributed by atoms with Crippen molar-refractivity contribution in [3.8, 4) is 0 Å². The molecule has 0 saturated carbocycles. The van der Waals surface area contributed by atoms with Crippen LogP contribution < -0.4 is 0 Å². The minimum Gasteiger partial charge on any atom is -0.352 e. The first kappa shape index (κ1) is 12.3. The lowest BCUT2D eigenvalue weighted by atomic mass is 9.95. The maximum Gasteiger partial charge on any atom is 0.219 e. The van der Waals surface area contributed by atoms with Crippen LogP contribution in [0.5, 0.6) is 0 Å². The van der Waals surface area contributed by atoms with Gasteiger partial charge in [0.15, 0.2) is 0 Å². The van der Waals surface area contributed by atoms with Crippen LogP contribution in [0.15, 0.2) is 12.3 Å². The summed E-state index contributed by atoms with van der Waals surface area (Å²) in [6.45, 7) is 4.52. The second-order valence-corrected chi connectivity index (χ2v) is 5.08. The van der Waals surface area contributed by atoms with Crippen LogP contribution in [0.4, 0.5) is 0 Å². The standard InChI is InChI=1S/C13H18N2OS/c1-9-7-11(8-14-13(9)17)12-5-3-4-6-15(12)10(2)16/h7-8,12H,3-6H2,1-2H3,(H,14,17)/t12-/m0/s1. The van der Waals surface area contributed by atoms with E-state index in [1.54, 1.807) is 6.92 Å². The van der Waals surface area contributed by atoms with Gasteiger partial charge in [0.2, 0.25) is 5.91 Å². The number of aryl methyl sites for hydroxylation is 1. The second kappa shape index (κ2) is 5.00. The third-order valence-electron chi connectivity index (χ3n) is 3.40. The van der Waals surface area contributed by atoms with Gasteiger partial charge in [-0.25, -0.2) is 0 Å². The zero-order chi connectivity index (χ0) is 12.4. The van der Waals surface area contributed by atoms with Crippen LogP contribution in [-0.2, 0) is 4.79 Å². The molecule has 1 aromatic rings.